The zero-order valence-electron chi connectivity index (χ0n) is 27.6. The van der Waals surface area contributed by atoms with E-state index in [9.17, 15) is 0 Å². The maximum Gasteiger partial charge on any atom is 0.227 e. The zero-order chi connectivity index (χ0) is 33.7. The van der Waals surface area contributed by atoms with Gasteiger partial charge in [-0.1, -0.05) is 127 Å². The van der Waals surface area contributed by atoms with E-state index in [1.807, 2.05) is 30.3 Å². The molecule has 4 heteroatoms. The minimum absolute atomic E-state index is 0.598. The van der Waals surface area contributed by atoms with Crippen molar-refractivity contribution in [3.63, 3.8) is 0 Å². The summed E-state index contributed by atoms with van der Waals surface area (Å²) in [5.41, 5.74) is 11.2. The number of hydrogen-bond acceptors (Lipinski definition) is 3. The van der Waals surface area contributed by atoms with Crippen molar-refractivity contribution in [1.82, 2.24) is 9.55 Å². The summed E-state index contributed by atoms with van der Waals surface area (Å²) in [4.78, 5) is 7.46. The van der Waals surface area contributed by atoms with Crippen molar-refractivity contribution in [1.29, 1.82) is 0 Å². The quantitative estimate of drug-likeness (QED) is 0.179. The average Bonchev–Trinajstić information content (AvgIpc) is 3.80. The molecule has 2 heterocycles. The van der Waals surface area contributed by atoms with Crippen LogP contribution in [0.1, 0.15) is 0 Å². The molecule has 240 valence electrons. The highest BCUT2D eigenvalue weighted by Gasteiger charge is 2.24. The standard InChI is InChI=1S/C47H31N3O/c1-3-15-32(16-4-1)37-20-9-12-24-41(37)50(36-29-27-35(28-30-36)49-42-25-13-10-22-39(42)40-23-11-14-26-43(40)49)44-31-34-19-7-8-21-38(34)45-46(44)51-47(48-45)33-17-5-2-6-18-33/h1-31H. The molecule has 0 bridgehead atoms. The van der Waals surface area contributed by atoms with Crippen LogP contribution in [0.5, 0.6) is 0 Å². The molecule has 0 saturated carbocycles. The summed E-state index contributed by atoms with van der Waals surface area (Å²) in [6.45, 7) is 0. The second-order valence-corrected chi connectivity index (χ2v) is 12.8. The number of fused-ring (bicyclic) bond motifs is 6. The van der Waals surface area contributed by atoms with Gasteiger partial charge in [0.1, 0.15) is 5.52 Å². The maximum absolute atomic E-state index is 6.79. The number of aromatic nitrogens is 2. The predicted octanol–water partition coefficient (Wildman–Crippen LogP) is 12.9. The third-order valence-electron chi connectivity index (χ3n) is 9.81. The summed E-state index contributed by atoms with van der Waals surface area (Å²) in [6.07, 6.45) is 0. The lowest BCUT2D eigenvalue weighted by Crippen LogP contribution is -2.12. The predicted molar refractivity (Wildman–Crippen MR) is 211 cm³/mol. The van der Waals surface area contributed by atoms with Crippen LogP contribution in [0.25, 0.3) is 71.9 Å². The molecule has 10 aromatic rings. The van der Waals surface area contributed by atoms with Gasteiger partial charge in [-0.25, -0.2) is 4.98 Å². The molecule has 0 atom stereocenters. The Labute approximate surface area is 295 Å². The molecule has 0 aliphatic heterocycles. The Balaban J connectivity index is 1.23. The van der Waals surface area contributed by atoms with Gasteiger partial charge in [-0.05, 0) is 71.6 Å². The van der Waals surface area contributed by atoms with E-state index in [1.54, 1.807) is 0 Å². The van der Waals surface area contributed by atoms with Crippen LogP contribution in [0.3, 0.4) is 0 Å². The minimum Gasteiger partial charge on any atom is -0.434 e. The van der Waals surface area contributed by atoms with Gasteiger partial charge >= 0.3 is 0 Å². The van der Waals surface area contributed by atoms with Crippen molar-refractivity contribution < 1.29 is 4.42 Å². The Morgan fingerprint density at radius 1 is 0.471 bits per heavy atom. The molecule has 0 spiro atoms. The van der Waals surface area contributed by atoms with Crippen LogP contribution >= 0.6 is 0 Å². The number of anilines is 3. The summed E-state index contributed by atoms with van der Waals surface area (Å²) in [7, 11) is 0. The molecule has 51 heavy (non-hydrogen) atoms. The van der Waals surface area contributed by atoms with E-state index in [4.69, 9.17) is 9.40 Å². The first-order valence-corrected chi connectivity index (χ1v) is 17.2. The van der Waals surface area contributed by atoms with Crippen LogP contribution in [0.2, 0.25) is 0 Å². The van der Waals surface area contributed by atoms with E-state index < -0.39 is 0 Å². The summed E-state index contributed by atoms with van der Waals surface area (Å²) < 4.78 is 9.14. The van der Waals surface area contributed by atoms with Gasteiger partial charge < -0.3 is 13.9 Å². The van der Waals surface area contributed by atoms with Crippen molar-refractivity contribution in [2.24, 2.45) is 0 Å². The summed E-state index contributed by atoms with van der Waals surface area (Å²) >= 11 is 0. The van der Waals surface area contributed by atoms with Gasteiger partial charge in [-0.3, -0.25) is 0 Å². The molecular formula is C47H31N3O. The van der Waals surface area contributed by atoms with Crippen LogP contribution in [0.4, 0.5) is 17.1 Å². The van der Waals surface area contributed by atoms with Gasteiger partial charge in [0.05, 0.1) is 22.4 Å². The molecule has 0 fully saturated rings. The van der Waals surface area contributed by atoms with Crippen molar-refractivity contribution in [3.05, 3.63) is 188 Å². The van der Waals surface area contributed by atoms with Gasteiger partial charge in [0.15, 0.2) is 5.58 Å². The smallest absolute Gasteiger partial charge is 0.227 e. The average molecular weight is 654 g/mol. The van der Waals surface area contributed by atoms with E-state index in [1.165, 1.54) is 21.8 Å². The second kappa shape index (κ2) is 11.9. The Morgan fingerprint density at radius 2 is 1.04 bits per heavy atom. The lowest BCUT2D eigenvalue weighted by atomic mass is 10.0. The molecule has 8 aromatic carbocycles. The highest BCUT2D eigenvalue weighted by Crippen LogP contribution is 2.46. The van der Waals surface area contributed by atoms with Crippen LogP contribution in [0, 0.1) is 0 Å². The van der Waals surface area contributed by atoms with Gasteiger partial charge in [0.2, 0.25) is 5.89 Å². The van der Waals surface area contributed by atoms with Gasteiger partial charge in [0, 0.05) is 38.7 Å². The number of para-hydroxylation sites is 3. The molecule has 4 nitrogen and oxygen atoms in total. The normalized spacial score (nSPS) is 11.5. The van der Waals surface area contributed by atoms with Crippen molar-refractivity contribution in [2.45, 2.75) is 0 Å². The Bertz CT molecular complexity index is 2800. The van der Waals surface area contributed by atoms with E-state index >= 15 is 0 Å². The largest absolute Gasteiger partial charge is 0.434 e. The fourth-order valence-electron chi connectivity index (χ4n) is 7.49. The first-order chi connectivity index (χ1) is 25.3. The number of nitrogens with zero attached hydrogens (tertiary/aromatic N) is 3. The summed E-state index contributed by atoms with van der Waals surface area (Å²) in [5.74, 6) is 0.598. The fourth-order valence-corrected chi connectivity index (χ4v) is 7.49. The first kappa shape index (κ1) is 29.0. The molecule has 0 amide bonds. The van der Waals surface area contributed by atoms with Gasteiger partial charge in [-0.2, -0.15) is 0 Å². The van der Waals surface area contributed by atoms with Crippen LogP contribution < -0.4 is 4.90 Å². The van der Waals surface area contributed by atoms with Crippen LogP contribution in [-0.2, 0) is 0 Å². The molecule has 0 aliphatic carbocycles. The van der Waals surface area contributed by atoms with E-state index in [-0.39, 0.29) is 0 Å². The Hall–Kier alpha value is -6.91. The highest BCUT2D eigenvalue weighted by molar-refractivity contribution is 6.12. The SMILES string of the molecule is c1ccc(-c2nc3c(o2)c(N(c2ccc(-n4c5ccccc5c5ccccc54)cc2)c2ccccc2-c2ccccc2)cc2ccccc23)cc1. The minimum atomic E-state index is 0.598. The lowest BCUT2D eigenvalue weighted by molar-refractivity contribution is 0.620. The second-order valence-electron chi connectivity index (χ2n) is 12.8. The third kappa shape index (κ3) is 4.80. The van der Waals surface area contributed by atoms with Crippen molar-refractivity contribution >= 4 is 60.7 Å². The lowest BCUT2D eigenvalue weighted by Gasteiger charge is -2.28. The topological polar surface area (TPSA) is 34.2 Å². The van der Waals surface area contributed by atoms with Crippen LogP contribution in [-0.4, -0.2) is 9.55 Å². The van der Waals surface area contributed by atoms with E-state index in [0.29, 0.717) is 5.89 Å². The number of benzene rings is 8. The molecule has 0 unspecified atom stereocenters. The van der Waals surface area contributed by atoms with E-state index in [0.717, 1.165) is 61.3 Å². The first-order valence-electron chi connectivity index (χ1n) is 17.2. The maximum atomic E-state index is 6.79. The molecule has 0 N–H and O–H groups in total. The fraction of sp³-hybridized carbons (Fsp3) is 0. The molecular weight excluding hydrogens is 623 g/mol. The third-order valence-corrected chi connectivity index (χ3v) is 9.81. The van der Waals surface area contributed by atoms with Crippen LogP contribution in [0.15, 0.2) is 192 Å². The highest BCUT2D eigenvalue weighted by atomic mass is 16.3. The summed E-state index contributed by atoms with van der Waals surface area (Å²) in [6, 6.07) is 66.1. The Kier molecular flexibility index (Phi) is 6.78. The van der Waals surface area contributed by atoms with E-state index in [2.05, 4.69) is 167 Å². The van der Waals surface area contributed by atoms with Gasteiger partial charge in [0.25, 0.3) is 0 Å². The van der Waals surface area contributed by atoms with Crippen molar-refractivity contribution in [2.75, 3.05) is 4.90 Å². The molecule has 0 saturated heterocycles. The summed E-state index contributed by atoms with van der Waals surface area (Å²) in [5, 5.41) is 4.64. The number of rotatable bonds is 6. The monoisotopic (exact) mass is 653 g/mol. The molecule has 2 aromatic heterocycles. The molecule has 0 radical (unpaired) electrons. The molecule has 0 aliphatic rings. The zero-order valence-corrected chi connectivity index (χ0v) is 27.6. The number of oxazole rings is 1. The molecule has 10 rings (SSSR count). The van der Waals surface area contributed by atoms with Crippen molar-refractivity contribution in [3.8, 4) is 28.3 Å². The number of hydrogen-bond donors (Lipinski definition) is 0. The van der Waals surface area contributed by atoms with Gasteiger partial charge in [-0.15, -0.1) is 0 Å². The Morgan fingerprint density at radius 3 is 1.75 bits per heavy atom.